The van der Waals surface area contributed by atoms with E-state index in [1.54, 1.807) is 24.1 Å². The van der Waals surface area contributed by atoms with Crippen LogP contribution >= 0.6 is 0 Å². The van der Waals surface area contributed by atoms with Gasteiger partial charge in [0.1, 0.15) is 5.82 Å². The van der Waals surface area contributed by atoms with Gasteiger partial charge >= 0.3 is 0 Å². The van der Waals surface area contributed by atoms with Crippen LogP contribution < -0.4 is 10.9 Å². The summed E-state index contributed by atoms with van der Waals surface area (Å²) >= 11 is 0. The van der Waals surface area contributed by atoms with Crippen molar-refractivity contribution in [2.75, 3.05) is 18.9 Å². The molecule has 0 radical (unpaired) electrons. The number of hydrogen-bond acceptors (Lipinski definition) is 4. The molecule has 2 N–H and O–H groups in total. The predicted octanol–water partition coefficient (Wildman–Crippen LogP) is 1.47. The number of likely N-dealkylation sites (tertiary alicyclic amines) is 1. The Hall–Kier alpha value is -2.70. The molecule has 1 amide bonds. The third-order valence-corrected chi connectivity index (χ3v) is 3.87. The average molecular weight is 316 g/mol. The lowest BCUT2D eigenvalue weighted by atomic mass is 10.0. The van der Waals surface area contributed by atoms with Crippen molar-refractivity contribution in [2.24, 2.45) is 0 Å². The van der Waals surface area contributed by atoms with E-state index in [0.29, 0.717) is 31.2 Å². The normalized spacial score (nSPS) is 17.6. The molecule has 1 saturated heterocycles. The number of rotatable bonds is 4. The highest BCUT2D eigenvalue weighted by molar-refractivity contribution is 5.79. The Labute approximate surface area is 132 Å². The minimum Gasteiger partial charge on any atom is -0.352 e. The smallest absolute Gasteiger partial charge is 0.252 e. The molecule has 2 aromatic rings. The van der Waals surface area contributed by atoms with Crippen molar-refractivity contribution in [1.29, 1.82) is 0 Å². The molecular formula is C16H17FN4O2. The van der Waals surface area contributed by atoms with Crippen LogP contribution in [0.25, 0.3) is 0 Å². The van der Waals surface area contributed by atoms with Crippen molar-refractivity contribution < 1.29 is 9.18 Å². The van der Waals surface area contributed by atoms with E-state index >= 15 is 0 Å². The largest absolute Gasteiger partial charge is 0.352 e. The highest BCUT2D eigenvalue weighted by Crippen LogP contribution is 2.25. The highest BCUT2D eigenvalue weighted by Gasteiger charge is 2.29. The summed E-state index contributed by atoms with van der Waals surface area (Å²) in [7, 11) is 1.73. The van der Waals surface area contributed by atoms with Gasteiger partial charge in [-0.15, -0.1) is 0 Å². The van der Waals surface area contributed by atoms with Crippen molar-refractivity contribution >= 4 is 11.9 Å². The van der Waals surface area contributed by atoms with Crippen molar-refractivity contribution in [2.45, 2.75) is 18.9 Å². The Morgan fingerprint density at radius 3 is 2.91 bits per heavy atom. The molecule has 23 heavy (non-hydrogen) atoms. The van der Waals surface area contributed by atoms with Gasteiger partial charge in [-0.05, 0) is 17.7 Å². The Morgan fingerprint density at radius 1 is 1.39 bits per heavy atom. The SMILES string of the molecule is CN1CC(c2cc(=O)[nH]c(NCc3cccc(F)c3)n2)CC1=O. The zero-order valence-corrected chi connectivity index (χ0v) is 12.7. The van der Waals surface area contributed by atoms with Crippen molar-refractivity contribution in [3.63, 3.8) is 0 Å². The summed E-state index contributed by atoms with van der Waals surface area (Å²) < 4.78 is 13.2. The molecule has 1 unspecified atom stereocenters. The standard InChI is InChI=1S/C16H17FN4O2/c1-21-9-11(6-15(21)23)13-7-14(22)20-16(19-13)18-8-10-3-2-4-12(17)5-10/h2-5,7,11H,6,8-9H2,1H3,(H2,18,19,20,22). The third-order valence-electron chi connectivity index (χ3n) is 3.87. The fourth-order valence-electron chi connectivity index (χ4n) is 2.66. The topological polar surface area (TPSA) is 78.1 Å². The number of hydrogen-bond donors (Lipinski definition) is 2. The minimum atomic E-state index is -0.313. The molecule has 0 saturated carbocycles. The number of H-pyrrole nitrogens is 1. The van der Waals surface area contributed by atoms with Gasteiger partial charge < -0.3 is 10.2 Å². The number of carbonyl (C=O) groups excluding carboxylic acids is 1. The van der Waals surface area contributed by atoms with Crippen LogP contribution in [-0.4, -0.2) is 34.4 Å². The quantitative estimate of drug-likeness (QED) is 0.895. The molecule has 1 fully saturated rings. The first-order valence-electron chi connectivity index (χ1n) is 7.35. The summed E-state index contributed by atoms with van der Waals surface area (Å²) in [6.45, 7) is 0.895. The van der Waals surface area contributed by atoms with E-state index < -0.39 is 0 Å². The van der Waals surface area contributed by atoms with Crippen LogP contribution in [0.3, 0.4) is 0 Å². The molecule has 1 aliphatic heterocycles. The highest BCUT2D eigenvalue weighted by atomic mass is 19.1. The predicted molar refractivity (Wildman–Crippen MR) is 83.6 cm³/mol. The van der Waals surface area contributed by atoms with Gasteiger partial charge in [-0.25, -0.2) is 9.37 Å². The van der Waals surface area contributed by atoms with Crippen molar-refractivity contribution in [1.82, 2.24) is 14.9 Å². The van der Waals surface area contributed by atoms with Crippen LogP contribution in [-0.2, 0) is 11.3 Å². The second kappa shape index (κ2) is 6.20. The molecule has 1 aromatic heterocycles. The minimum absolute atomic E-state index is 0.0475. The van der Waals surface area contributed by atoms with Gasteiger partial charge in [0.2, 0.25) is 11.9 Å². The van der Waals surface area contributed by atoms with Gasteiger partial charge in [0.25, 0.3) is 5.56 Å². The maximum Gasteiger partial charge on any atom is 0.252 e. The molecule has 120 valence electrons. The molecule has 0 spiro atoms. The van der Waals surface area contributed by atoms with Crippen LogP contribution in [0.4, 0.5) is 10.3 Å². The number of amides is 1. The first-order valence-corrected chi connectivity index (χ1v) is 7.35. The zero-order chi connectivity index (χ0) is 16.4. The van der Waals surface area contributed by atoms with E-state index in [1.165, 1.54) is 18.2 Å². The maximum atomic E-state index is 13.2. The molecule has 1 aliphatic rings. The number of anilines is 1. The van der Waals surface area contributed by atoms with Gasteiger partial charge in [-0.2, -0.15) is 0 Å². The first kappa shape index (κ1) is 15.2. The van der Waals surface area contributed by atoms with Crippen molar-refractivity contribution in [3.8, 4) is 0 Å². The van der Waals surface area contributed by atoms with Gasteiger partial charge in [0.05, 0.1) is 5.69 Å². The molecule has 0 aliphatic carbocycles. The van der Waals surface area contributed by atoms with E-state index in [2.05, 4.69) is 15.3 Å². The van der Waals surface area contributed by atoms with E-state index in [4.69, 9.17) is 0 Å². The lowest BCUT2D eigenvalue weighted by Gasteiger charge is -2.11. The lowest BCUT2D eigenvalue weighted by Crippen LogP contribution is -2.20. The molecule has 1 atom stereocenters. The fraction of sp³-hybridized carbons (Fsp3) is 0.312. The Bertz CT molecular complexity index is 790. The number of nitrogens with zero attached hydrogens (tertiary/aromatic N) is 2. The molecule has 6 nitrogen and oxygen atoms in total. The van der Waals surface area contributed by atoms with Gasteiger partial charge in [-0.1, -0.05) is 12.1 Å². The Morgan fingerprint density at radius 2 is 2.22 bits per heavy atom. The fourth-order valence-corrected chi connectivity index (χ4v) is 2.66. The van der Waals surface area contributed by atoms with Gasteiger partial charge in [-0.3, -0.25) is 14.6 Å². The van der Waals surface area contributed by atoms with Crippen LogP contribution in [0, 0.1) is 5.82 Å². The van der Waals surface area contributed by atoms with Gasteiger partial charge in [0, 0.05) is 38.5 Å². The van der Waals surface area contributed by atoms with Gasteiger partial charge in [0.15, 0.2) is 0 Å². The number of likely N-dealkylation sites (N-methyl/N-ethyl adjacent to an activating group) is 1. The van der Waals surface area contributed by atoms with E-state index in [1.807, 2.05) is 0 Å². The summed E-state index contributed by atoms with van der Waals surface area (Å²) in [6, 6.07) is 7.61. The Balaban J connectivity index is 1.75. The van der Waals surface area contributed by atoms with Crippen LogP contribution in [0.1, 0.15) is 23.6 Å². The average Bonchev–Trinajstić information content (AvgIpc) is 2.84. The summed E-state index contributed by atoms with van der Waals surface area (Å²) in [5.74, 6) is -0.0263. The number of halogens is 1. The van der Waals surface area contributed by atoms with E-state index in [-0.39, 0.29) is 23.2 Å². The number of carbonyl (C=O) groups is 1. The second-order valence-electron chi connectivity index (χ2n) is 5.68. The number of aromatic nitrogens is 2. The second-order valence-corrected chi connectivity index (χ2v) is 5.68. The monoisotopic (exact) mass is 316 g/mol. The zero-order valence-electron chi connectivity index (χ0n) is 12.7. The molecule has 3 rings (SSSR count). The number of aromatic amines is 1. The number of benzene rings is 1. The first-order chi connectivity index (χ1) is 11.0. The summed E-state index contributed by atoms with van der Waals surface area (Å²) in [4.78, 5) is 32.1. The number of nitrogens with one attached hydrogen (secondary N) is 2. The summed E-state index contributed by atoms with van der Waals surface area (Å²) in [5, 5.41) is 2.98. The van der Waals surface area contributed by atoms with Crippen molar-refractivity contribution in [3.05, 3.63) is 57.8 Å². The lowest BCUT2D eigenvalue weighted by molar-refractivity contribution is -0.126. The molecule has 7 heteroatoms. The van der Waals surface area contributed by atoms with Crippen LogP contribution in [0.15, 0.2) is 35.1 Å². The summed E-state index contributed by atoms with van der Waals surface area (Å²) in [5.41, 5.74) is 1.06. The molecule has 1 aromatic carbocycles. The third kappa shape index (κ3) is 3.56. The maximum absolute atomic E-state index is 13.2. The Kier molecular flexibility index (Phi) is 4.10. The van der Waals surface area contributed by atoms with E-state index in [0.717, 1.165) is 5.56 Å². The molecular weight excluding hydrogens is 299 g/mol. The summed E-state index contributed by atoms with van der Waals surface area (Å²) in [6.07, 6.45) is 0.357. The van der Waals surface area contributed by atoms with Crippen LogP contribution in [0.2, 0.25) is 0 Å². The van der Waals surface area contributed by atoms with E-state index in [9.17, 15) is 14.0 Å². The van der Waals surface area contributed by atoms with Crippen LogP contribution in [0.5, 0.6) is 0 Å². The molecule has 0 bridgehead atoms. The molecule has 2 heterocycles.